The van der Waals surface area contributed by atoms with Crippen molar-refractivity contribution in [1.82, 2.24) is 9.97 Å². The van der Waals surface area contributed by atoms with Gasteiger partial charge in [-0.05, 0) is 24.5 Å². The number of hydrogen-bond acceptors (Lipinski definition) is 6. The molecule has 0 fully saturated rings. The molecule has 5 N–H and O–H groups in total. The number of aryl methyl sites for hydroxylation is 1. The van der Waals surface area contributed by atoms with Crippen molar-refractivity contribution in [2.75, 3.05) is 16.8 Å². The molecule has 21 heavy (non-hydrogen) atoms. The number of benzene rings is 1. The van der Waals surface area contributed by atoms with Crippen molar-refractivity contribution >= 4 is 35.0 Å². The number of nitrogens with two attached hydrogens (primary N) is 2. The number of aromatic nitrogens is 2. The van der Waals surface area contributed by atoms with Crippen LogP contribution in [-0.4, -0.2) is 21.1 Å². The Labute approximate surface area is 126 Å². The van der Waals surface area contributed by atoms with Gasteiger partial charge < -0.3 is 16.8 Å². The van der Waals surface area contributed by atoms with E-state index in [1.54, 1.807) is 0 Å². The molecule has 0 saturated carbocycles. The van der Waals surface area contributed by atoms with E-state index in [0.717, 1.165) is 17.7 Å². The van der Waals surface area contributed by atoms with Crippen molar-refractivity contribution in [1.29, 1.82) is 0 Å². The van der Waals surface area contributed by atoms with Crippen LogP contribution in [0.15, 0.2) is 35.5 Å². The summed E-state index contributed by atoms with van der Waals surface area (Å²) >= 11 is 1.29. The fourth-order valence-corrected chi connectivity index (χ4v) is 3.22. The highest BCUT2D eigenvalue weighted by atomic mass is 32.2. The molecule has 1 aliphatic heterocycles. The predicted molar refractivity (Wildman–Crippen MR) is 83.9 cm³/mol. The highest BCUT2D eigenvalue weighted by molar-refractivity contribution is 8.00. The first-order valence-electron chi connectivity index (χ1n) is 6.57. The number of thioether (sulfide) groups is 1. The zero-order valence-electron chi connectivity index (χ0n) is 11.2. The van der Waals surface area contributed by atoms with Crippen molar-refractivity contribution in [3.8, 4) is 0 Å². The van der Waals surface area contributed by atoms with Gasteiger partial charge in [-0.15, -0.1) is 0 Å². The van der Waals surface area contributed by atoms with Gasteiger partial charge in [0.2, 0.25) is 5.91 Å². The summed E-state index contributed by atoms with van der Waals surface area (Å²) in [4.78, 5) is 20.5. The lowest BCUT2D eigenvalue weighted by atomic mass is 10.1. The van der Waals surface area contributed by atoms with E-state index in [4.69, 9.17) is 11.5 Å². The van der Waals surface area contributed by atoms with Crippen molar-refractivity contribution in [3.63, 3.8) is 0 Å². The Kier molecular flexibility index (Phi) is 3.66. The van der Waals surface area contributed by atoms with E-state index in [-0.39, 0.29) is 11.2 Å². The third kappa shape index (κ3) is 3.08. The third-order valence-corrected chi connectivity index (χ3v) is 4.36. The van der Waals surface area contributed by atoms with Crippen LogP contribution in [0.25, 0.3) is 0 Å². The number of nitrogen functional groups attached to an aromatic ring is 2. The highest BCUT2D eigenvalue weighted by Crippen LogP contribution is 2.30. The molecule has 1 aliphatic rings. The molecule has 0 spiro atoms. The van der Waals surface area contributed by atoms with E-state index in [9.17, 15) is 4.79 Å². The van der Waals surface area contributed by atoms with Crippen LogP contribution in [0.1, 0.15) is 12.0 Å². The molecule has 2 aromatic rings. The summed E-state index contributed by atoms with van der Waals surface area (Å²) in [6.45, 7) is 0. The minimum absolute atomic E-state index is 0.0467. The van der Waals surface area contributed by atoms with Crippen LogP contribution in [0.3, 0.4) is 0 Å². The van der Waals surface area contributed by atoms with Crippen LogP contribution in [0.4, 0.5) is 17.3 Å². The van der Waals surface area contributed by atoms with E-state index in [1.807, 2.05) is 24.3 Å². The van der Waals surface area contributed by atoms with Gasteiger partial charge in [-0.25, -0.2) is 9.97 Å². The molecule has 0 saturated heterocycles. The van der Waals surface area contributed by atoms with Crippen LogP contribution in [-0.2, 0) is 11.2 Å². The van der Waals surface area contributed by atoms with Gasteiger partial charge in [0.15, 0.2) is 5.16 Å². The van der Waals surface area contributed by atoms with Crippen LogP contribution < -0.4 is 16.8 Å². The van der Waals surface area contributed by atoms with Gasteiger partial charge in [-0.1, -0.05) is 30.0 Å². The molecule has 7 heteroatoms. The lowest BCUT2D eigenvalue weighted by molar-refractivity contribution is -0.115. The SMILES string of the molecule is Nc1cc(N)nc(S[C@@H]2CCc3ccccc3NC2=O)n1. The van der Waals surface area contributed by atoms with Crippen LogP contribution in [0.5, 0.6) is 0 Å². The molecule has 3 rings (SSSR count). The number of anilines is 3. The van der Waals surface area contributed by atoms with Crippen LogP contribution >= 0.6 is 11.8 Å². The quantitative estimate of drug-likeness (QED) is 0.729. The average Bonchev–Trinajstić information content (AvgIpc) is 2.58. The first-order valence-corrected chi connectivity index (χ1v) is 7.45. The van der Waals surface area contributed by atoms with Gasteiger partial charge in [-0.2, -0.15) is 0 Å². The van der Waals surface area contributed by atoms with Gasteiger partial charge in [0.25, 0.3) is 0 Å². The maximum atomic E-state index is 12.3. The van der Waals surface area contributed by atoms with Crippen LogP contribution in [0.2, 0.25) is 0 Å². The molecule has 0 radical (unpaired) electrons. The number of rotatable bonds is 2. The van der Waals surface area contributed by atoms with E-state index >= 15 is 0 Å². The van der Waals surface area contributed by atoms with Gasteiger partial charge in [-0.3, -0.25) is 4.79 Å². The summed E-state index contributed by atoms with van der Waals surface area (Å²) in [5, 5.41) is 3.11. The standard InChI is InChI=1S/C14H15N5OS/c15-11-7-12(16)19-14(18-11)21-10-6-5-8-3-1-2-4-9(8)17-13(10)20/h1-4,7,10H,5-6H2,(H,17,20)(H4,15,16,18,19)/t10-/m1/s1. The number of hydrogen-bond donors (Lipinski definition) is 3. The molecule has 1 atom stereocenters. The first kappa shape index (κ1) is 13.7. The molecule has 6 nitrogen and oxygen atoms in total. The molecule has 0 unspecified atom stereocenters. The first-order chi connectivity index (χ1) is 10.1. The summed E-state index contributed by atoms with van der Waals surface area (Å²) in [6, 6.07) is 9.31. The zero-order chi connectivity index (χ0) is 14.8. The van der Waals surface area contributed by atoms with E-state index in [1.165, 1.54) is 17.8 Å². The Morgan fingerprint density at radius 1 is 1.19 bits per heavy atom. The highest BCUT2D eigenvalue weighted by Gasteiger charge is 2.25. The van der Waals surface area contributed by atoms with Gasteiger partial charge in [0.05, 0.1) is 5.25 Å². The fraction of sp³-hybridized carbons (Fsp3) is 0.214. The normalized spacial score (nSPS) is 17.7. The number of amides is 1. The van der Waals surface area contributed by atoms with Crippen molar-refractivity contribution in [2.24, 2.45) is 0 Å². The molecular weight excluding hydrogens is 286 g/mol. The second-order valence-corrected chi connectivity index (χ2v) is 5.96. The summed E-state index contributed by atoms with van der Waals surface area (Å²) in [6.07, 6.45) is 1.54. The Balaban J connectivity index is 1.79. The Hall–Kier alpha value is -2.28. The topological polar surface area (TPSA) is 107 Å². The average molecular weight is 301 g/mol. The maximum absolute atomic E-state index is 12.3. The molecule has 0 bridgehead atoms. The van der Waals surface area contributed by atoms with Crippen LogP contribution in [0, 0.1) is 0 Å². The molecule has 1 amide bonds. The minimum atomic E-state index is -0.265. The summed E-state index contributed by atoms with van der Waals surface area (Å²) in [7, 11) is 0. The molecule has 1 aromatic heterocycles. The van der Waals surface area contributed by atoms with E-state index in [2.05, 4.69) is 15.3 Å². The van der Waals surface area contributed by atoms with E-state index in [0.29, 0.717) is 23.2 Å². The lowest BCUT2D eigenvalue weighted by Gasteiger charge is -2.12. The number of carbonyl (C=O) groups excluding carboxylic acids is 1. The fourth-order valence-electron chi connectivity index (χ4n) is 2.25. The second-order valence-electron chi connectivity index (χ2n) is 4.79. The number of carbonyl (C=O) groups is 1. The van der Waals surface area contributed by atoms with E-state index < -0.39 is 0 Å². The Bertz CT molecular complexity index is 671. The smallest absolute Gasteiger partial charge is 0.237 e. The van der Waals surface area contributed by atoms with Crippen molar-refractivity contribution in [2.45, 2.75) is 23.2 Å². The molecular formula is C14H15N5OS. The lowest BCUT2D eigenvalue weighted by Crippen LogP contribution is -2.24. The monoisotopic (exact) mass is 301 g/mol. The number of nitrogens with zero attached hydrogens (tertiary/aromatic N) is 2. The molecule has 1 aromatic carbocycles. The number of fused-ring (bicyclic) bond motifs is 1. The molecule has 0 aliphatic carbocycles. The Morgan fingerprint density at radius 3 is 2.67 bits per heavy atom. The summed E-state index contributed by atoms with van der Waals surface area (Å²) in [5.74, 6) is 0.569. The van der Waals surface area contributed by atoms with Crippen molar-refractivity contribution in [3.05, 3.63) is 35.9 Å². The zero-order valence-corrected chi connectivity index (χ0v) is 12.1. The number of para-hydroxylation sites is 1. The van der Waals surface area contributed by atoms with Gasteiger partial charge >= 0.3 is 0 Å². The molecule has 2 heterocycles. The summed E-state index contributed by atoms with van der Waals surface area (Å²) in [5.41, 5.74) is 13.3. The third-order valence-electron chi connectivity index (χ3n) is 3.24. The van der Waals surface area contributed by atoms with Crippen molar-refractivity contribution < 1.29 is 4.79 Å². The predicted octanol–water partition coefficient (Wildman–Crippen LogP) is 1.69. The molecule has 108 valence electrons. The maximum Gasteiger partial charge on any atom is 0.237 e. The minimum Gasteiger partial charge on any atom is -0.383 e. The largest absolute Gasteiger partial charge is 0.383 e. The van der Waals surface area contributed by atoms with Gasteiger partial charge in [0.1, 0.15) is 11.6 Å². The Morgan fingerprint density at radius 2 is 1.90 bits per heavy atom. The second kappa shape index (κ2) is 5.61. The summed E-state index contributed by atoms with van der Waals surface area (Å²) < 4.78 is 0. The number of nitrogens with one attached hydrogen (secondary N) is 1. The van der Waals surface area contributed by atoms with Gasteiger partial charge in [0, 0.05) is 11.8 Å².